The van der Waals surface area contributed by atoms with Gasteiger partial charge in [0.2, 0.25) is 5.91 Å². The zero-order valence-corrected chi connectivity index (χ0v) is 19.5. The predicted molar refractivity (Wildman–Crippen MR) is 131 cm³/mol. The van der Waals surface area contributed by atoms with Crippen molar-refractivity contribution in [1.82, 2.24) is 19.8 Å². The van der Waals surface area contributed by atoms with Crippen molar-refractivity contribution >= 4 is 16.9 Å². The Morgan fingerprint density at radius 2 is 1.76 bits per heavy atom. The molecule has 3 aromatic rings. The van der Waals surface area contributed by atoms with Crippen LogP contribution >= 0.6 is 0 Å². The lowest BCUT2D eigenvalue weighted by atomic mass is 9.99. The molecule has 2 aromatic carbocycles. The molecule has 2 N–H and O–H groups in total. The van der Waals surface area contributed by atoms with E-state index in [0.717, 1.165) is 49.9 Å². The quantitative estimate of drug-likeness (QED) is 0.578. The van der Waals surface area contributed by atoms with Crippen LogP contribution in [0.4, 0.5) is 0 Å². The number of aromatic amines is 1. The van der Waals surface area contributed by atoms with Crippen molar-refractivity contribution in [1.29, 1.82) is 0 Å². The standard InChI is InChI=1S/C27H34N4O2/c1-18(2)24(28-26(32)22-16-21(22)19-8-4-3-5-9-19)17-30-14-12-20(13-15-30)31-25-11-7-6-10-23(25)29-27(31)33/h3-11,18,20-22,24H,12-17H2,1-2H3,(H,28,32)(H,29,33)/t21-,22+,24+/m0/s1. The summed E-state index contributed by atoms with van der Waals surface area (Å²) in [5.41, 5.74) is 3.15. The minimum absolute atomic E-state index is 0.0145. The van der Waals surface area contributed by atoms with Gasteiger partial charge in [0.15, 0.2) is 0 Å². The number of carbonyl (C=O) groups excluding carboxylic acids is 1. The Hall–Kier alpha value is -2.86. The zero-order valence-electron chi connectivity index (χ0n) is 19.5. The Balaban J connectivity index is 1.17. The highest BCUT2D eigenvalue weighted by Gasteiger charge is 2.44. The molecule has 0 bridgehead atoms. The lowest BCUT2D eigenvalue weighted by Gasteiger charge is -2.36. The molecule has 2 aliphatic rings. The monoisotopic (exact) mass is 446 g/mol. The van der Waals surface area contributed by atoms with Crippen molar-refractivity contribution in [2.24, 2.45) is 11.8 Å². The molecule has 33 heavy (non-hydrogen) atoms. The Labute approximate surface area is 195 Å². The highest BCUT2D eigenvalue weighted by molar-refractivity contribution is 5.83. The Kier molecular flexibility index (Phi) is 6.11. The van der Waals surface area contributed by atoms with E-state index >= 15 is 0 Å². The average Bonchev–Trinajstić information content (AvgIpc) is 3.56. The minimum Gasteiger partial charge on any atom is -0.352 e. The summed E-state index contributed by atoms with van der Waals surface area (Å²) in [5.74, 6) is 1.04. The van der Waals surface area contributed by atoms with Gasteiger partial charge in [0.25, 0.3) is 0 Å². The van der Waals surface area contributed by atoms with Crippen molar-refractivity contribution < 1.29 is 4.79 Å². The van der Waals surface area contributed by atoms with Gasteiger partial charge in [-0.05, 0) is 48.8 Å². The number of carbonyl (C=O) groups is 1. The van der Waals surface area contributed by atoms with Crippen LogP contribution in [0.2, 0.25) is 0 Å². The van der Waals surface area contributed by atoms with Gasteiger partial charge in [-0.2, -0.15) is 0 Å². The Morgan fingerprint density at radius 3 is 2.48 bits per heavy atom. The summed E-state index contributed by atoms with van der Waals surface area (Å²) >= 11 is 0. The SMILES string of the molecule is CC(C)[C@@H](CN1CCC(n2c(=O)[nH]c3ccccc32)CC1)NC(=O)[C@@H]1C[C@H]1c1ccccc1. The molecule has 0 radical (unpaired) electrons. The number of imidazole rings is 1. The molecule has 6 heteroatoms. The van der Waals surface area contributed by atoms with Gasteiger partial charge in [0.05, 0.1) is 11.0 Å². The maximum Gasteiger partial charge on any atom is 0.326 e. The van der Waals surface area contributed by atoms with Crippen LogP contribution in [0.1, 0.15) is 50.6 Å². The fourth-order valence-electron chi connectivity index (χ4n) is 5.34. The molecule has 0 spiro atoms. The largest absolute Gasteiger partial charge is 0.352 e. The molecule has 1 amide bonds. The van der Waals surface area contributed by atoms with E-state index in [-0.39, 0.29) is 29.6 Å². The molecule has 5 rings (SSSR count). The lowest BCUT2D eigenvalue weighted by Crippen LogP contribution is -2.49. The first kappa shape index (κ1) is 22.0. The van der Waals surface area contributed by atoms with Crippen LogP contribution in [0.15, 0.2) is 59.4 Å². The topological polar surface area (TPSA) is 70.1 Å². The van der Waals surface area contributed by atoms with E-state index in [1.54, 1.807) is 0 Å². The number of fused-ring (bicyclic) bond motifs is 1. The summed E-state index contributed by atoms with van der Waals surface area (Å²) < 4.78 is 1.94. The number of benzene rings is 2. The number of likely N-dealkylation sites (tertiary alicyclic amines) is 1. The van der Waals surface area contributed by atoms with E-state index < -0.39 is 0 Å². The Morgan fingerprint density at radius 1 is 1.06 bits per heavy atom. The van der Waals surface area contributed by atoms with E-state index in [2.05, 4.69) is 41.2 Å². The van der Waals surface area contributed by atoms with Gasteiger partial charge >= 0.3 is 5.69 Å². The lowest BCUT2D eigenvalue weighted by molar-refractivity contribution is -0.123. The first-order valence-electron chi connectivity index (χ1n) is 12.3. The first-order chi connectivity index (χ1) is 16.0. The van der Waals surface area contributed by atoms with Crippen molar-refractivity contribution in [3.63, 3.8) is 0 Å². The third-order valence-electron chi connectivity index (χ3n) is 7.49. The minimum atomic E-state index is -0.0145. The summed E-state index contributed by atoms with van der Waals surface area (Å²) in [6.07, 6.45) is 2.84. The molecule has 2 fully saturated rings. The molecule has 1 saturated carbocycles. The van der Waals surface area contributed by atoms with Crippen LogP contribution in [-0.4, -0.2) is 46.0 Å². The van der Waals surface area contributed by atoms with E-state index in [4.69, 9.17) is 0 Å². The van der Waals surface area contributed by atoms with Crippen LogP contribution in [0.5, 0.6) is 0 Å². The summed E-state index contributed by atoms with van der Waals surface area (Å²) in [6.45, 7) is 7.11. The summed E-state index contributed by atoms with van der Waals surface area (Å²) in [4.78, 5) is 30.9. The van der Waals surface area contributed by atoms with E-state index in [0.29, 0.717) is 11.8 Å². The van der Waals surface area contributed by atoms with E-state index in [9.17, 15) is 9.59 Å². The molecule has 1 saturated heterocycles. The van der Waals surface area contributed by atoms with E-state index in [1.807, 2.05) is 47.0 Å². The third kappa shape index (κ3) is 4.62. The number of nitrogens with one attached hydrogen (secondary N) is 2. The van der Waals surface area contributed by atoms with Crippen LogP contribution < -0.4 is 11.0 Å². The van der Waals surface area contributed by atoms with Crippen molar-refractivity contribution in [2.45, 2.75) is 51.1 Å². The summed E-state index contributed by atoms with van der Waals surface area (Å²) in [7, 11) is 0. The highest BCUT2D eigenvalue weighted by atomic mass is 16.2. The van der Waals surface area contributed by atoms with E-state index in [1.165, 1.54) is 5.56 Å². The normalized spacial score (nSPS) is 22.5. The number of para-hydroxylation sites is 2. The molecule has 3 atom stereocenters. The molecule has 1 aliphatic carbocycles. The van der Waals surface area contributed by atoms with Gasteiger partial charge in [-0.3, -0.25) is 9.36 Å². The van der Waals surface area contributed by atoms with Crippen LogP contribution in [0, 0.1) is 11.8 Å². The second-order valence-electron chi connectivity index (χ2n) is 10.1. The van der Waals surface area contributed by atoms with Crippen molar-refractivity contribution in [2.75, 3.05) is 19.6 Å². The number of hydrogen-bond donors (Lipinski definition) is 2. The van der Waals surface area contributed by atoms with Crippen LogP contribution in [-0.2, 0) is 4.79 Å². The highest BCUT2D eigenvalue weighted by Crippen LogP contribution is 2.47. The maximum atomic E-state index is 12.9. The van der Waals surface area contributed by atoms with Crippen LogP contribution in [0.25, 0.3) is 11.0 Å². The summed E-state index contributed by atoms with van der Waals surface area (Å²) in [6, 6.07) is 18.6. The molecule has 6 nitrogen and oxygen atoms in total. The summed E-state index contributed by atoms with van der Waals surface area (Å²) in [5, 5.41) is 3.36. The van der Waals surface area contributed by atoms with Gasteiger partial charge in [-0.1, -0.05) is 56.3 Å². The number of amides is 1. The molecular formula is C27H34N4O2. The van der Waals surface area contributed by atoms with Crippen molar-refractivity contribution in [3.05, 3.63) is 70.6 Å². The fraction of sp³-hybridized carbons (Fsp3) is 0.481. The molecule has 174 valence electrons. The average molecular weight is 447 g/mol. The third-order valence-corrected chi connectivity index (χ3v) is 7.49. The Bertz CT molecular complexity index is 1160. The van der Waals surface area contributed by atoms with Crippen molar-refractivity contribution in [3.8, 4) is 0 Å². The number of aromatic nitrogens is 2. The predicted octanol–water partition coefficient (Wildman–Crippen LogP) is 3.91. The second-order valence-corrected chi connectivity index (χ2v) is 10.1. The van der Waals surface area contributed by atoms with Gasteiger partial charge in [-0.15, -0.1) is 0 Å². The number of H-pyrrole nitrogens is 1. The number of hydrogen-bond acceptors (Lipinski definition) is 3. The molecule has 0 unspecified atom stereocenters. The molecule has 1 aliphatic heterocycles. The first-order valence-corrected chi connectivity index (χ1v) is 12.3. The number of rotatable bonds is 7. The fourth-order valence-corrected chi connectivity index (χ4v) is 5.34. The molecular weight excluding hydrogens is 412 g/mol. The smallest absolute Gasteiger partial charge is 0.326 e. The number of piperidine rings is 1. The van der Waals surface area contributed by atoms with Gasteiger partial charge < -0.3 is 15.2 Å². The molecule has 2 heterocycles. The molecule has 1 aromatic heterocycles. The van der Waals surface area contributed by atoms with Crippen LogP contribution in [0.3, 0.4) is 0 Å². The number of nitrogens with zero attached hydrogens (tertiary/aromatic N) is 2. The zero-order chi connectivity index (χ0) is 22.9. The second kappa shape index (κ2) is 9.18. The van der Waals surface area contributed by atoms with Gasteiger partial charge in [0.1, 0.15) is 0 Å². The maximum absolute atomic E-state index is 12.9. The van der Waals surface area contributed by atoms with Gasteiger partial charge in [-0.25, -0.2) is 4.79 Å². The van der Waals surface area contributed by atoms with Gasteiger partial charge in [0, 0.05) is 37.6 Å².